The summed E-state index contributed by atoms with van der Waals surface area (Å²) in [6.45, 7) is -0.0185. The van der Waals surface area contributed by atoms with E-state index in [9.17, 15) is 28.1 Å². The molecule has 1 fully saturated rings. The minimum absolute atomic E-state index is 0.0185. The first-order chi connectivity index (χ1) is 16.6. The van der Waals surface area contributed by atoms with Crippen LogP contribution in [0.4, 0.5) is 10.5 Å². The molecule has 0 atom stereocenters. The number of non-ortho nitro benzene ring substituents is 1. The van der Waals surface area contributed by atoms with Crippen LogP contribution in [0, 0.1) is 10.1 Å². The fourth-order valence-corrected chi connectivity index (χ4v) is 4.98. The number of amides is 2. The molecule has 3 aromatic rings. The van der Waals surface area contributed by atoms with Crippen molar-refractivity contribution in [1.82, 2.24) is 4.90 Å². The lowest BCUT2D eigenvalue weighted by molar-refractivity contribution is -0.384. The molecule has 35 heavy (non-hydrogen) atoms. The van der Waals surface area contributed by atoms with Crippen LogP contribution < -0.4 is 4.18 Å². The number of nitro benzene ring substituents is 1. The van der Waals surface area contributed by atoms with E-state index in [4.69, 9.17) is 15.8 Å². The van der Waals surface area contributed by atoms with Crippen LogP contribution in [-0.2, 0) is 21.5 Å². The van der Waals surface area contributed by atoms with E-state index in [0.29, 0.717) is 16.1 Å². The highest BCUT2D eigenvalue weighted by Gasteiger charge is 2.35. The molecule has 2 amide bonds. The summed E-state index contributed by atoms with van der Waals surface area (Å²) in [5.74, 6) is -0.424. The zero-order valence-corrected chi connectivity index (χ0v) is 20.0. The van der Waals surface area contributed by atoms with E-state index in [1.807, 2.05) is 0 Å². The monoisotopic (exact) mass is 530 g/mol. The van der Waals surface area contributed by atoms with Crippen LogP contribution in [0.5, 0.6) is 5.75 Å². The number of rotatable bonds is 7. The first-order valence-corrected chi connectivity index (χ1v) is 12.5. The minimum Gasteiger partial charge on any atom is -0.379 e. The van der Waals surface area contributed by atoms with Gasteiger partial charge in [-0.05, 0) is 65.4 Å². The average molecular weight is 531 g/mol. The second kappa shape index (κ2) is 9.90. The molecule has 0 bridgehead atoms. The molecule has 1 heterocycles. The number of benzene rings is 3. The van der Waals surface area contributed by atoms with Crippen molar-refractivity contribution in [1.29, 1.82) is 0 Å². The van der Waals surface area contributed by atoms with Gasteiger partial charge in [-0.3, -0.25) is 24.6 Å². The number of halogens is 1. The van der Waals surface area contributed by atoms with Gasteiger partial charge in [0.05, 0.1) is 16.4 Å². The summed E-state index contributed by atoms with van der Waals surface area (Å²) in [5.41, 5.74) is 1.04. The van der Waals surface area contributed by atoms with E-state index >= 15 is 0 Å². The largest absolute Gasteiger partial charge is 0.379 e. The standard InChI is InChI=1S/C23H15ClN2O7S2/c24-17-5-11-20(12-6-17)35(31,32)33-19-9-3-15(4-10-19)13-21-22(27)25(23(28)34-21)14-16-1-7-18(8-2-16)26(29)30/h1-13H,14H2/b21-13-. The van der Waals surface area contributed by atoms with Crippen molar-refractivity contribution in [3.8, 4) is 5.75 Å². The predicted octanol–water partition coefficient (Wildman–Crippen LogP) is 5.25. The Morgan fingerprint density at radius 3 is 2.20 bits per heavy atom. The van der Waals surface area contributed by atoms with E-state index < -0.39 is 26.2 Å². The van der Waals surface area contributed by atoms with Crippen molar-refractivity contribution in [2.45, 2.75) is 11.4 Å². The maximum Gasteiger partial charge on any atom is 0.339 e. The zero-order chi connectivity index (χ0) is 25.2. The van der Waals surface area contributed by atoms with Crippen molar-refractivity contribution >= 4 is 56.4 Å². The summed E-state index contributed by atoms with van der Waals surface area (Å²) in [6, 6.07) is 17.1. The molecule has 3 aromatic carbocycles. The van der Waals surface area contributed by atoms with Crippen molar-refractivity contribution in [2.24, 2.45) is 0 Å². The second-order valence-electron chi connectivity index (χ2n) is 7.25. The van der Waals surface area contributed by atoms with Gasteiger partial charge in [-0.1, -0.05) is 35.9 Å². The zero-order valence-electron chi connectivity index (χ0n) is 17.7. The topological polar surface area (TPSA) is 124 Å². The number of hydrogen-bond acceptors (Lipinski definition) is 8. The molecule has 1 aliphatic heterocycles. The van der Waals surface area contributed by atoms with E-state index in [1.54, 1.807) is 12.1 Å². The number of imide groups is 1. The Kier molecular flexibility index (Phi) is 6.92. The van der Waals surface area contributed by atoms with Gasteiger partial charge in [0.2, 0.25) is 0 Å². The molecule has 12 heteroatoms. The van der Waals surface area contributed by atoms with E-state index in [0.717, 1.165) is 16.7 Å². The third kappa shape index (κ3) is 5.70. The smallest absolute Gasteiger partial charge is 0.339 e. The lowest BCUT2D eigenvalue weighted by Crippen LogP contribution is -2.27. The molecule has 1 saturated heterocycles. The first kappa shape index (κ1) is 24.5. The van der Waals surface area contributed by atoms with Gasteiger partial charge in [0.15, 0.2) is 0 Å². The van der Waals surface area contributed by atoms with Crippen molar-refractivity contribution in [2.75, 3.05) is 0 Å². The summed E-state index contributed by atoms with van der Waals surface area (Å²) >= 11 is 6.55. The predicted molar refractivity (Wildman–Crippen MR) is 130 cm³/mol. The van der Waals surface area contributed by atoms with Crippen LogP contribution in [0.25, 0.3) is 6.08 Å². The molecule has 0 radical (unpaired) electrons. The van der Waals surface area contributed by atoms with E-state index in [-0.39, 0.29) is 27.8 Å². The molecular formula is C23H15ClN2O7S2. The van der Waals surface area contributed by atoms with E-state index in [2.05, 4.69) is 0 Å². The summed E-state index contributed by atoms with van der Waals surface area (Å²) in [7, 11) is -4.05. The number of carbonyl (C=O) groups excluding carboxylic acids is 2. The van der Waals surface area contributed by atoms with Gasteiger partial charge in [-0.15, -0.1) is 0 Å². The Bertz CT molecular complexity index is 1440. The molecule has 1 aliphatic rings. The molecule has 0 unspecified atom stereocenters. The highest BCUT2D eigenvalue weighted by molar-refractivity contribution is 8.18. The SMILES string of the molecule is O=C1S/C(=C\c2ccc(OS(=O)(=O)c3ccc(Cl)cc3)cc2)C(=O)N1Cc1ccc([N+](=O)[O-])cc1. The summed E-state index contributed by atoms with van der Waals surface area (Å²) < 4.78 is 29.9. The van der Waals surface area contributed by atoms with Crippen LogP contribution in [0.15, 0.2) is 82.6 Å². The molecule has 0 N–H and O–H groups in total. The van der Waals surface area contributed by atoms with Crippen LogP contribution in [0.1, 0.15) is 11.1 Å². The molecule has 0 aliphatic carbocycles. The Morgan fingerprint density at radius 1 is 0.971 bits per heavy atom. The first-order valence-electron chi connectivity index (χ1n) is 9.91. The number of nitrogens with zero attached hydrogens (tertiary/aromatic N) is 2. The normalized spacial score (nSPS) is 15.0. The Balaban J connectivity index is 1.45. The van der Waals surface area contributed by atoms with Gasteiger partial charge in [-0.2, -0.15) is 8.42 Å². The molecule has 9 nitrogen and oxygen atoms in total. The lowest BCUT2D eigenvalue weighted by atomic mass is 10.2. The number of carbonyl (C=O) groups is 2. The molecule has 178 valence electrons. The number of thioether (sulfide) groups is 1. The summed E-state index contributed by atoms with van der Waals surface area (Å²) in [5, 5.41) is 10.7. The number of nitro groups is 1. The van der Waals surface area contributed by atoms with Gasteiger partial charge in [0.25, 0.3) is 16.8 Å². The molecule has 0 aromatic heterocycles. The lowest BCUT2D eigenvalue weighted by Gasteiger charge is -2.12. The highest BCUT2D eigenvalue weighted by Crippen LogP contribution is 2.34. The third-order valence-electron chi connectivity index (χ3n) is 4.85. The molecule has 0 spiro atoms. The van der Waals surface area contributed by atoms with Crippen molar-refractivity contribution < 1.29 is 27.1 Å². The Labute approximate surface area is 209 Å². The Hall–Kier alpha value is -3.67. The van der Waals surface area contributed by atoms with Crippen LogP contribution in [0.2, 0.25) is 5.02 Å². The van der Waals surface area contributed by atoms with Crippen LogP contribution in [-0.4, -0.2) is 29.4 Å². The van der Waals surface area contributed by atoms with Crippen LogP contribution >= 0.6 is 23.4 Å². The fraction of sp³-hybridized carbons (Fsp3) is 0.0435. The van der Waals surface area contributed by atoms with Gasteiger partial charge in [0.1, 0.15) is 10.6 Å². The van der Waals surface area contributed by atoms with Gasteiger partial charge in [0, 0.05) is 17.2 Å². The summed E-state index contributed by atoms with van der Waals surface area (Å²) in [6.07, 6.45) is 1.51. The van der Waals surface area contributed by atoms with E-state index in [1.165, 1.54) is 66.7 Å². The van der Waals surface area contributed by atoms with Crippen LogP contribution in [0.3, 0.4) is 0 Å². The second-order valence-corrected chi connectivity index (χ2v) is 10.2. The molecule has 0 saturated carbocycles. The van der Waals surface area contributed by atoms with Gasteiger partial charge in [-0.25, -0.2) is 0 Å². The van der Waals surface area contributed by atoms with Gasteiger partial charge < -0.3 is 4.18 Å². The third-order valence-corrected chi connectivity index (χ3v) is 7.27. The number of hydrogen-bond donors (Lipinski definition) is 0. The highest BCUT2D eigenvalue weighted by atomic mass is 35.5. The fourth-order valence-electron chi connectivity index (χ4n) is 3.09. The Morgan fingerprint density at radius 2 is 1.60 bits per heavy atom. The van der Waals surface area contributed by atoms with Gasteiger partial charge >= 0.3 is 10.1 Å². The molecule has 4 rings (SSSR count). The average Bonchev–Trinajstić information content (AvgIpc) is 3.08. The maximum absolute atomic E-state index is 12.7. The summed E-state index contributed by atoms with van der Waals surface area (Å²) in [4.78, 5) is 36.5. The van der Waals surface area contributed by atoms with Crippen molar-refractivity contribution in [3.05, 3.63) is 104 Å². The minimum atomic E-state index is -4.05. The molecular weight excluding hydrogens is 516 g/mol. The quantitative estimate of drug-likeness (QED) is 0.175. The maximum atomic E-state index is 12.7. The van der Waals surface area contributed by atoms with Crippen molar-refractivity contribution in [3.63, 3.8) is 0 Å².